The fourth-order valence-electron chi connectivity index (χ4n) is 3.98. The summed E-state index contributed by atoms with van der Waals surface area (Å²) in [5.41, 5.74) is 2.05. The Morgan fingerprint density at radius 1 is 1.06 bits per heavy atom. The summed E-state index contributed by atoms with van der Waals surface area (Å²) in [5, 5.41) is 5.75. The number of morpholine rings is 1. The monoisotopic (exact) mass is 453 g/mol. The minimum Gasteiger partial charge on any atom is -0.467 e. The summed E-state index contributed by atoms with van der Waals surface area (Å²) in [6.07, 6.45) is 4.19. The largest absolute Gasteiger partial charge is 0.467 e. The van der Waals surface area contributed by atoms with Crippen LogP contribution in [0.3, 0.4) is 0 Å². The zero-order chi connectivity index (χ0) is 21.8. The topological polar surface area (TPSA) is 80.7 Å². The lowest BCUT2D eigenvalue weighted by molar-refractivity contribution is 0.0376. The fourth-order valence-corrected chi connectivity index (χ4v) is 4.10. The van der Waals surface area contributed by atoms with Crippen LogP contribution in [0.2, 0.25) is 5.02 Å². The van der Waals surface area contributed by atoms with Crippen LogP contribution in [0.15, 0.2) is 57.9 Å². The molecule has 0 saturated carbocycles. The minimum absolute atomic E-state index is 0.456. The number of ether oxygens (including phenoxy) is 1. The number of furan rings is 1. The molecule has 0 spiro atoms. The van der Waals surface area contributed by atoms with Crippen LogP contribution in [0.5, 0.6) is 0 Å². The second-order valence-electron chi connectivity index (χ2n) is 7.72. The summed E-state index contributed by atoms with van der Waals surface area (Å²) >= 11 is 6.07. The molecule has 1 aliphatic rings. The fraction of sp³-hybridized carbons (Fsp3) is 0.348. The minimum atomic E-state index is 0.456. The maximum absolute atomic E-state index is 6.07. The van der Waals surface area contributed by atoms with E-state index in [1.165, 1.54) is 6.33 Å². The number of fused-ring (bicyclic) bond motifs is 1. The highest BCUT2D eigenvalue weighted by Crippen LogP contribution is 2.34. The van der Waals surface area contributed by atoms with Gasteiger partial charge in [0.15, 0.2) is 0 Å². The van der Waals surface area contributed by atoms with Gasteiger partial charge in [0, 0.05) is 36.8 Å². The molecule has 4 heterocycles. The van der Waals surface area contributed by atoms with Gasteiger partial charge < -0.3 is 18.6 Å². The van der Waals surface area contributed by atoms with Gasteiger partial charge in [0.1, 0.15) is 29.0 Å². The van der Waals surface area contributed by atoms with E-state index in [1.807, 2.05) is 36.4 Å². The maximum atomic E-state index is 6.07. The molecule has 166 valence electrons. The number of halogens is 1. The Labute approximate surface area is 190 Å². The smallest absolute Gasteiger partial charge is 0.263 e. The Bertz CT molecular complexity index is 1140. The molecule has 0 radical (unpaired) electrons. The summed E-state index contributed by atoms with van der Waals surface area (Å²) in [6.45, 7) is 5.94. The number of anilines is 1. The Morgan fingerprint density at radius 3 is 2.69 bits per heavy atom. The van der Waals surface area contributed by atoms with E-state index in [1.54, 1.807) is 6.26 Å². The molecule has 0 N–H and O–H groups in total. The number of hydrogen-bond donors (Lipinski definition) is 0. The highest BCUT2D eigenvalue weighted by atomic mass is 35.5. The Kier molecular flexibility index (Phi) is 6.34. The molecule has 0 aliphatic carbocycles. The van der Waals surface area contributed by atoms with Gasteiger partial charge in [0.25, 0.3) is 5.71 Å². The second kappa shape index (κ2) is 9.68. The lowest BCUT2D eigenvalue weighted by Crippen LogP contribution is -2.38. The Morgan fingerprint density at radius 2 is 1.91 bits per heavy atom. The van der Waals surface area contributed by atoms with E-state index in [4.69, 9.17) is 25.3 Å². The second-order valence-corrected chi connectivity index (χ2v) is 8.16. The van der Waals surface area contributed by atoms with E-state index in [-0.39, 0.29) is 0 Å². The Balaban J connectivity index is 1.46. The van der Waals surface area contributed by atoms with Gasteiger partial charge >= 0.3 is 0 Å². The van der Waals surface area contributed by atoms with Crippen molar-refractivity contribution in [2.45, 2.75) is 13.0 Å². The van der Waals surface area contributed by atoms with E-state index in [0.29, 0.717) is 23.0 Å². The first-order chi connectivity index (χ1) is 15.8. The standard InChI is InChI=1S/C23H24ClN5O3/c24-18-6-4-17(5-7-18)21-20-22(25-16-26-23(20)32-27-21)29(15-19-3-1-12-31-19)9-2-8-28-10-13-30-14-11-28/h1,3-7,12,16H,2,8-11,13-15H2. The number of hydrogen-bond acceptors (Lipinski definition) is 8. The molecule has 3 aromatic heterocycles. The molecule has 8 nitrogen and oxygen atoms in total. The predicted octanol–water partition coefficient (Wildman–Crippen LogP) is 4.26. The van der Waals surface area contributed by atoms with E-state index < -0.39 is 0 Å². The summed E-state index contributed by atoms with van der Waals surface area (Å²) < 4.78 is 16.7. The molecule has 1 aromatic carbocycles. The molecule has 5 rings (SSSR count). The SMILES string of the molecule is Clc1ccc(-c2noc3ncnc(N(CCCN4CCOCC4)Cc4ccco4)c23)cc1. The van der Waals surface area contributed by atoms with Crippen molar-refractivity contribution in [3.8, 4) is 11.3 Å². The molecular weight excluding hydrogens is 430 g/mol. The van der Waals surface area contributed by atoms with E-state index >= 15 is 0 Å². The van der Waals surface area contributed by atoms with Crippen molar-refractivity contribution in [1.82, 2.24) is 20.0 Å². The van der Waals surface area contributed by atoms with Crippen LogP contribution in [0.4, 0.5) is 5.82 Å². The lowest BCUT2D eigenvalue weighted by Gasteiger charge is -2.28. The highest BCUT2D eigenvalue weighted by Gasteiger charge is 2.22. The van der Waals surface area contributed by atoms with Gasteiger partial charge in [-0.1, -0.05) is 28.9 Å². The normalized spacial score (nSPS) is 14.8. The zero-order valence-electron chi connectivity index (χ0n) is 17.6. The van der Waals surface area contributed by atoms with Crippen molar-refractivity contribution < 1.29 is 13.7 Å². The van der Waals surface area contributed by atoms with Gasteiger partial charge in [-0.25, -0.2) is 4.98 Å². The van der Waals surface area contributed by atoms with Gasteiger partial charge in [0.2, 0.25) is 0 Å². The number of benzene rings is 1. The first kappa shape index (κ1) is 20.9. The lowest BCUT2D eigenvalue weighted by atomic mass is 10.1. The van der Waals surface area contributed by atoms with Gasteiger partial charge in [-0.15, -0.1) is 0 Å². The molecule has 0 amide bonds. The molecule has 1 fully saturated rings. The van der Waals surface area contributed by atoms with Crippen molar-refractivity contribution in [2.75, 3.05) is 44.3 Å². The van der Waals surface area contributed by atoms with Crippen LogP contribution in [-0.2, 0) is 11.3 Å². The molecule has 32 heavy (non-hydrogen) atoms. The van der Waals surface area contributed by atoms with Crippen molar-refractivity contribution in [3.05, 3.63) is 59.8 Å². The summed E-state index contributed by atoms with van der Waals surface area (Å²) in [4.78, 5) is 13.6. The number of aromatic nitrogens is 3. The molecule has 4 aromatic rings. The summed E-state index contributed by atoms with van der Waals surface area (Å²) in [7, 11) is 0. The van der Waals surface area contributed by atoms with Crippen LogP contribution >= 0.6 is 11.6 Å². The van der Waals surface area contributed by atoms with Gasteiger partial charge in [-0.3, -0.25) is 4.90 Å². The molecule has 1 aliphatic heterocycles. The number of rotatable bonds is 8. The van der Waals surface area contributed by atoms with Crippen LogP contribution in [0, 0.1) is 0 Å². The number of nitrogens with zero attached hydrogens (tertiary/aromatic N) is 5. The predicted molar refractivity (Wildman–Crippen MR) is 122 cm³/mol. The maximum Gasteiger partial charge on any atom is 0.263 e. The molecule has 0 atom stereocenters. The van der Waals surface area contributed by atoms with E-state index in [0.717, 1.165) is 68.3 Å². The third-order valence-corrected chi connectivity index (χ3v) is 5.85. The first-order valence-electron chi connectivity index (χ1n) is 10.7. The molecule has 0 unspecified atom stereocenters. The van der Waals surface area contributed by atoms with E-state index in [9.17, 15) is 0 Å². The summed E-state index contributed by atoms with van der Waals surface area (Å²) in [6, 6.07) is 11.4. The molecular formula is C23H24ClN5O3. The van der Waals surface area contributed by atoms with Crippen molar-refractivity contribution in [1.29, 1.82) is 0 Å². The van der Waals surface area contributed by atoms with Gasteiger partial charge in [0.05, 0.1) is 26.0 Å². The van der Waals surface area contributed by atoms with Gasteiger partial charge in [-0.05, 0) is 30.7 Å². The quantitative estimate of drug-likeness (QED) is 0.391. The highest BCUT2D eigenvalue weighted by molar-refractivity contribution is 6.30. The molecule has 0 bridgehead atoms. The molecule has 1 saturated heterocycles. The average molecular weight is 454 g/mol. The Hall–Kier alpha value is -2.94. The van der Waals surface area contributed by atoms with E-state index in [2.05, 4.69) is 24.9 Å². The van der Waals surface area contributed by atoms with Crippen molar-refractivity contribution in [2.24, 2.45) is 0 Å². The summed E-state index contributed by atoms with van der Waals surface area (Å²) in [5.74, 6) is 1.65. The van der Waals surface area contributed by atoms with Crippen LogP contribution < -0.4 is 4.90 Å². The van der Waals surface area contributed by atoms with Crippen molar-refractivity contribution >= 4 is 28.5 Å². The zero-order valence-corrected chi connectivity index (χ0v) is 18.4. The first-order valence-corrected chi connectivity index (χ1v) is 11.1. The van der Waals surface area contributed by atoms with Crippen LogP contribution in [0.1, 0.15) is 12.2 Å². The molecule has 9 heteroatoms. The van der Waals surface area contributed by atoms with Crippen LogP contribution in [-0.4, -0.2) is 59.4 Å². The van der Waals surface area contributed by atoms with Gasteiger partial charge in [-0.2, -0.15) is 4.98 Å². The third kappa shape index (κ3) is 4.62. The average Bonchev–Trinajstić information content (AvgIpc) is 3.50. The third-order valence-electron chi connectivity index (χ3n) is 5.60. The van der Waals surface area contributed by atoms with Crippen LogP contribution in [0.25, 0.3) is 22.4 Å². The van der Waals surface area contributed by atoms with Crippen molar-refractivity contribution in [3.63, 3.8) is 0 Å².